The van der Waals surface area contributed by atoms with Gasteiger partial charge in [0.25, 0.3) is 10.0 Å². The Morgan fingerprint density at radius 1 is 1.08 bits per heavy atom. The zero-order chi connectivity index (χ0) is 18.4. The van der Waals surface area contributed by atoms with Gasteiger partial charge in [-0.1, -0.05) is 12.1 Å². The lowest BCUT2D eigenvalue weighted by atomic mass is 10.1. The van der Waals surface area contributed by atoms with Gasteiger partial charge in [-0.15, -0.1) is 13.2 Å². The molecule has 10 heteroatoms. The molecule has 0 unspecified atom stereocenters. The number of alkyl halides is 3. The highest BCUT2D eigenvalue weighted by Crippen LogP contribution is 2.38. The SMILES string of the molecule is O=S(=O)(c1ccccc1OC(F)(F)F)N1CCc2c(F)cc(F)cc21. The summed E-state index contributed by atoms with van der Waals surface area (Å²) in [6.45, 7) is -0.224. The van der Waals surface area contributed by atoms with Gasteiger partial charge in [0.1, 0.15) is 22.3 Å². The summed E-state index contributed by atoms with van der Waals surface area (Å²) in [7, 11) is -4.51. The molecule has 0 saturated heterocycles. The minimum absolute atomic E-state index is 0.0146. The summed E-state index contributed by atoms with van der Waals surface area (Å²) in [6.07, 6.45) is -5.12. The average Bonchev–Trinajstić information content (AvgIpc) is 2.90. The maximum absolute atomic E-state index is 13.8. The van der Waals surface area contributed by atoms with Crippen LogP contribution in [0, 0.1) is 11.6 Å². The van der Waals surface area contributed by atoms with Gasteiger partial charge >= 0.3 is 6.36 Å². The van der Waals surface area contributed by atoms with Gasteiger partial charge in [-0.25, -0.2) is 17.2 Å². The number of halogens is 5. The van der Waals surface area contributed by atoms with Crippen molar-refractivity contribution in [3.63, 3.8) is 0 Å². The fourth-order valence-electron chi connectivity index (χ4n) is 2.63. The van der Waals surface area contributed by atoms with Crippen molar-refractivity contribution in [3.8, 4) is 5.75 Å². The second kappa shape index (κ2) is 5.87. The first-order valence-electron chi connectivity index (χ1n) is 6.95. The molecule has 0 saturated carbocycles. The molecule has 2 aromatic rings. The highest BCUT2D eigenvalue weighted by molar-refractivity contribution is 7.93. The third kappa shape index (κ3) is 3.26. The zero-order valence-electron chi connectivity index (χ0n) is 12.3. The smallest absolute Gasteiger partial charge is 0.404 e. The van der Waals surface area contributed by atoms with Crippen LogP contribution in [0.25, 0.3) is 0 Å². The molecule has 0 bridgehead atoms. The van der Waals surface area contributed by atoms with Crippen molar-refractivity contribution in [1.82, 2.24) is 0 Å². The van der Waals surface area contributed by atoms with E-state index in [1.54, 1.807) is 0 Å². The molecule has 0 N–H and O–H groups in total. The Balaban J connectivity index is 2.09. The summed E-state index contributed by atoms with van der Waals surface area (Å²) >= 11 is 0. The van der Waals surface area contributed by atoms with Gasteiger partial charge in [0.05, 0.1) is 5.69 Å². The van der Waals surface area contributed by atoms with E-state index in [1.807, 2.05) is 0 Å². The van der Waals surface area contributed by atoms with Gasteiger partial charge in [-0.05, 0) is 24.6 Å². The number of hydrogen-bond donors (Lipinski definition) is 0. The molecule has 0 aliphatic carbocycles. The average molecular weight is 379 g/mol. The van der Waals surface area contributed by atoms with Crippen LogP contribution >= 0.6 is 0 Å². The first-order chi connectivity index (χ1) is 11.6. The lowest BCUT2D eigenvalue weighted by molar-refractivity contribution is -0.275. The van der Waals surface area contributed by atoms with E-state index in [4.69, 9.17) is 0 Å². The van der Waals surface area contributed by atoms with E-state index in [0.29, 0.717) is 10.4 Å². The Morgan fingerprint density at radius 2 is 1.76 bits per heavy atom. The van der Waals surface area contributed by atoms with Gasteiger partial charge in [-0.2, -0.15) is 0 Å². The molecular weight excluding hydrogens is 369 g/mol. The molecule has 4 nitrogen and oxygen atoms in total. The van der Waals surface area contributed by atoms with Crippen LogP contribution in [0.15, 0.2) is 41.3 Å². The third-order valence-electron chi connectivity index (χ3n) is 3.61. The van der Waals surface area contributed by atoms with Crippen LogP contribution in [0.3, 0.4) is 0 Å². The van der Waals surface area contributed by atoms with Crippen molar-refractivity contribution in [2.45, 2.75) is 17.7 Å². The first-order valence-corrected chi connectivity index (χ1v) is 8.39. The summed E-state index contributed by atoms with van der Waals surface area (Å²) < 4.78 is 94.7. The fourth-order valence-corrected chi connectivity index (χ4v) is 4.24. The molecule has 0 fully saturated rings. The second-order valence-corrected chi connectivity index (χ2v) is 7.04. The molecule has 0 radical (unpaired) electrons. The quantitative estimate of drug-likeness (QED) is 0.766. The number of rotatable bonds is 3. The minimum atomic E-state index is -5.09. The lowest BCUT2D eigenvalue weighted by Gasteiger charge is -2.21. The molecule has 1 aliphatic heterocycles. The Morgan fingerprint density at radius 3 is 2.44 bits per heavy atom. The van der Waals surface area contributed by atoms with Gasteiger partial charge in [0, 0.05) is 18.2 Å². The summed E-state index contributed by atoms with van der Waals surface area (Å²) in [6, 6.07) is 5.63. The Labute approximate surface area is 139 Å². The molecule has 1 aliphatic rings. The van der Waals surface area contributed by atoms with Crippen molar-refractivity contribution in [1.29, 1.82) is 0 Å². The minimum Gasteiger partial charge on any atom is -0.404 e. The van der Waals surface area contributed by atoms with Crippen molar-refractivity contribution in [2.24, 2.45) is 0 Å². The number of hydrogen-bond acceptors (Lipinski definition) is 3. The van der Waals surface area contributed by atoms with Crippen LogP contribution in [0.2, 0.25) is 0 Å². The van der Waals surface area contributed by atoms with E-state index >= 15 is 0 Å². The predicted molar refractivity (Wildman–Crippen MR) is 77.7 cm³/mol. The maximum Gasteiger partial charge on any atom is 0.573 e. The van der Waals surface area contributed by atoms with E-state index < -0.39 is 38.7 Å². The van der Waals surface area contributed by atoms with Crippen LogP contribution in [0.1, 0.15) is 5.56 Å². The molecule has 0 atom stereocenters. The summed E-state index contributed by atoms with van der Waals surface area (Å²) in [5, 5.41) is 0. The van der Waals surface area contributed by atoms with Crippen LogP contribution in [-0.2, 0) is 16.4 Å². The van der Waals surface area contributed by atoms with Crippen molar-refractivity contribution in [2.75, 3.05) is 10.8 Å². The highest BCUT2D eigenvalue weighted by atomic mass is 32.2. The van der Waals surface area contributed by atoms with Gasteiger partial charge < -0.3 is 4.74 Å². The van der Waals surface area contributed by atoms with Gasteiger partial charge in [0.15, 0.2) is 0 Å². The number of sulfonamides is 1. The van der Waals surface area contributed by atoms with Gasteiger partial charge in [0.2, 0.25) is 0 Å². The van der Waals surface area contributed by atoms with Crippen molar-refractivity contribution < 1.29 is 35.1 Å². The van der Waals surface area contributed by atoms with Crippen molar-refractivity contribution in [3.05, 3.63) is 53.6 Å². The molecule has 0 aromatic heterocycles. The topological polar surface area (TPSA) is 46.6 Å². The van der Waals surface area contributed by atoms with Gasteiger partial charge in [-0.3, -0.25) is 4.31 Å². The highest BCUT2D eigenvalue weighted by Gasteiger charge is 2.38. The summed E-state index contributed by atoms with van der Waals surface area (Å²) in [5.41, 5.74) is -0.251. The van der Waals surface area contributed by atoms with Crippen LogP contribution in [-0.4, -0.2) is 21.3 Å². The lowest BCUT2D eigenvalue weighted by Crippen LogP contribution is -2.30. The Kier molecular flexibility index (Phi) is 4.10. The number of anilines is 1. The molecule has 3 rings (SSSR count). The largest absolute Gasteiger partial charge is 0.573 e. The second-order valence-electron chi connectivity index (χ2n) is 5.21. The first kappa shape index (κ1) is 17.5. The number of fused-ring (bicyclic) bond motifs is 1. The molecular formula is C15H10F5NO3S. The Hall–Kier alpha value is -2.36. The molecule has 0 spiro atoms. The van der Waals surface area contributed by atoms with Crippen LogP contribution in [0.4, 0.5) is 27.6 Å². The van der Waals surface area contributed by atoms with E-state index in [0.717, 1.165) is 18.2 Å². The zero-order valence-corrected chi connectivity index (χ0v) is 13.2. The monoisotopic (exact) mass is 379 g/mol. The normalized spacial score (nSPS) is 14.5. The number of benzene rings is 2. The van der Waals surface area contributed by atoms with Crippen LogP contribution in [0.5, 0.6) is 5.75 Å². The van der Waals surface area contributed by atoms with Crippen molar-refractivity contribution >= 4 is 15.7 Å². The van der Waals surface area contributed by atoms with E-state index in [2.05, 4.69) is 4.74 Å². The van der Waals surface area contributed by atoms with E-state index in [-0.39, 0.29) is 24.2 Å². The number of ether oxygens (including phenoxy) is 1. The Bertz CT molecular complexity index is 927. The van der Waals surface area contributed by atoms with E-state index in [1.165, 1.54) is 12.1 Å². The van der Waals surface area contributed by atoms with Crippen LogP contribution < -0.4 is 9.04 Å². The molecule has 25 heavy (non-hydrogen) atoms. The summed E-state index contributed by atoms with van der Waals surface area (Å²) in [4.78, 5) is -0.746. The fraction of sp³-hybridized carbons (Fsp3) is 0.200. The summed E-state index contributed by atoms with van der Waals surface area (Å²) in [5.74, 6) is -2.81. The molecule has 2 aromatic carbocycles. The maximum atomic E-state index is 13.8. The molecule has 0 amide bonds. The predicted octanol–water partition coefficient (Wildman–Crippen LogP) is 3.61. The standard InChI is InChI=1S/C15H10F5NO3S/c16-9-7-11(17)10-5-6-21(12(10)8-9)25(22,23)14-4-2-1-3-13(14)24-15(18,19)20/h1-4,7-8H,5-6H2. The molecule has 1 heterocycles. The third-order valence-corrected chi connectivity index (χ3v) is 5.47. The number of nitrogens with zero attached hydrogens (tertiary/aromatic N) is 1. The van der Waals surface area contributed by atoms with E-state index in [9.17, 15) is 30.4 Å². The number of para-hydroxylation sites is 1. The molecule has 134 valence electrons.